The molecule has 8 nitrogen and oxygen atoms in total. The van der Waals surface area contributed by atoms with Crippen molar-refractivity contribution in [2.24, 2.45) is 5.73 Å². The number of anilines is 1. The van der Waals surface area contributed by atoms with Crippen LogP contribution in [0.25, 0.3) is 0 Å². The Labute approximate surface area is 121 Å². The van der Waals surface area contributed by atoms with Crippen LogP contribution in [0.1, 0.15) is 16.8 Å². The quantitative estimate of drug-likeness (QED) is 0.531. The van der Waals surface area contributed by atoms with E-state index in [2.05, 4.69) is 5.32 Å². The minimum Gasteiger partial charge on any atom is -0.508 e. The number of hydrogen-bond donors (Lipinski definition) is 4. The highest BCUT2D eigenvalue weighted by Gasteiger charge is 2.19. The average Bonchev–Trinajstić information content (AvgIpc) is 2.36. The predicted octanol–water partition coefficient (Wildman–Crippen LogP) is -0.209. The maximum atomic E-state index is 11.8. The Morgan fingerprint density at radius 1 is 1.38 bits per heavy atom. The van der Waals surface area contributed by atoms with E-state index in [1.165, 1.54) is 12.1 Å². The van der Waals surface area contributed by atoms with Gasteiger partial charge in [0.2, 0.25) is 5.91 Å². The molecule has 116 valence electrons. The average molecular weight is 316 g/mol. The molecule has 5 N–H and O–H groups in total. The van der Waals surface area contributed by atoms with Crippen molar-refractivity contribution in [2.45, 2.75) is 12.5 Å². The monoisotopic (exact) mass is 316 g/mol. The summed E-state index contributed by atoms with van der Waals surface area (Å²) in [6, 6.07) is 2.33. The van der Waals surface area contributed by atoms with Crippen LogP contribution in [0.3, 0.4) is 0 Å². The van der Waals surface area contributed by atoms with Gasteiger partial charge in [-0.15, -0.1) is 0 Å². The molecule has 1 aromatic rings. The summed E-state index contributed by atoms with van der Waals surface area (Å²) in [6.07, 6.45) is 0.950. The standard InChI is InChI=1S/C12H16N2O6S/c1-21(19,20)5-4-9(13)11(16)14-10-3-2-7(15)6-8(10)12(17)18/h2-3,6,9,15H,4-5,13H2,1H3,(H,14,16)(H,17,18). The highest BCUT2D eigenvalue weighted by molar-refractivity contribution is 7.90. The van der Waals surface area contributed by atoms with Gasteiger partial charge < -0.3 is 21.3 Å². The highest BCUT2D eigenvalue weighted by Crippen LogP contribution is 2.21. The number of aromatic carboxylic acids is 1. The van der Waals surface area contributed by atoms with Gasteiger partial charge in [0.15, 0.2) is 0 Å². The third-order valence-electron chi connectivity index (χ3n) is 2.63. The molecule has 0 saturated heterocycles. The number of phenolic OH excluding ortho intramolecular Hbond substituents is 1. The van der Waals surface area contributed by atoms with Crippen molar-refractivity contribution >= 4 is 27.4 Å². The fraction of sp³-hybridized carbons (Fsp3) is 0.333. The van der Waals surface area contributed by atoms with Crippen molar-refractivity contribution in [2.75, 3.05) is 17.3 Å². The fourth-order valence-electron chi connectivity index (χ4n) is 1.52. The van der Waals surface area contributed by atoms with E-state index in [4.69, 9.17) is 10.8 Å². The number of carboxylic acids is 1. The summed E-state index contributed by atoms with van der Waals surface area (Å²) < 4.78 is 22.0. The summed E-state index contributed by atoms with van der Waals surface area (Å²) in [6.45, 7) is 0. The molecule has 0 aromatic heterocycles. The molecule has 0 saturated carbocycles. The van der Waals surface area contributed by atoms with E-state index in [0.717, 1.165) is 12.3 Å². The molecule has 1 unspecified atom stereocenters. The first-order valence-corrected chi connectivity index (χ1v) is 7.96. The normalized spacial score (nSPS) is 12.7. The van der Waals surface area contributed by atoms with Crippen molar-refractivity contribution in [1.29, 1.82) is 0 Å². The molecule has 1 rings (SSSR count). The Balaban J connectivity index is 2.81. The fourth-order valence-corrected chi connectivity index (χ4v) is 2.20. The van der Waals surface area contributed by atoms with Crippen molar-refractivity contribution in [3.63, 3.8) is 0 Å². The zero-order chi connectivity index (χ0) is 16.2. The van der Waals surface area contributed by atoms with Gasteiger partial charge in [0, 0.05) is 6.26 Å². The third-order valence-corrected chi connectivity index (χ3v) is 3.61. The summed E-state index contributed by atoms with van der Waals surface area (Å²) in [5.74, 6) is -2.53. The number of hydrogen-bond acceptors (Lipinski definition) is 6. The molecular weight excluding hydrogens is 300 g/mol. The number of carboxylic acid groups (broad SMARTS) is 1. The van der Waals surface area contributed by atoms with Crippen LogP contribution in [0, 0.1) is 0 Å². The van der Waals surface area contributed by atoms with E-state index in [-0.39, 0.29) is 29.2 Å². The van der Waals surface area contributed by atoms with Gasteiger partial charge in [-0.3, -0.25) is 4.79 Å². The Morgan fingerprint density at radius 2 is 2.00 bits per heavy atom. The second-order valence-electron chi connectivity index (χ2n) is 4.55. The molecule has 0 heterocycles. The van der Waals surface area contributed by atoms with Crippen LogP contribution in [0.4, 0.5) is 5.69 Å². The molecule has 0 fully saturated rings. The number of sulfone groups is 1. The first-order chi connectivity index (χ1) is 9.60. The molecule has 1 atom stereocenters. The first-order valence-electron chi connectivity index (χ1n) is 5.90. The van der Waals surface area contributed by atoms with Crippen molar-refractivity contribution in [1.82, 2.24) is 0 Å². The second kappa shape index (κ2) is 6.55. The molecule has 21 heavy (non-hydrogen) atoms. The predicted molar refractivity (Wildman–Crippen MR) is 76.0 cm³/mol. The Bertz CT molecular complexity index is 656. The van der Waals surface area contributed by atoms with E-state index in [9.17, 15) is 23.1 Å². The molecular formula is C12H16N2O6S. The highest BCUT2D eigenvalue weighted by atomic mass is 32.2. The van der Waals surface area contributed by atoms with E-state index >= 15 is 0 Å². The molecule has 0 aliphatic carbocycles. The van der Waals surface area contributed by atoms with Gasteiger partial charge in [-0.05, 0) is 24.6 Å². The van der Waals surface area contributed by atoms with Crippen molar-refractivity contribution < 1.29 is 28.2 Å². The van der Waals surface area contributed by atoms with Crippen LogP contribution in [-0.2, 0) is 14.6 Å². The number of nitrogens with two attached hydrogens (primary N) is 1. The van der Waals surface area contributed by atoms with Gasteiger partial charge in [-0.2, -0.15) is 0 Å². The first kappa shape index (κ1) is 16.9. The Hall–Kier alpha value is -2.13. The maximum Gasteiger partial charge on any atom is 0.337 e. The van der Waals surface area contributed by atoms with Crippen LogP contribution >= 0.6 is 0 Å². The summed E-state index contributed by atoms with van der Waals surface area (Å²) in [7, 11) is -3.24. The zero-order valence-electron chi connectivity index (χ0n) is 11.2. The van der Waals surface area contributed by atoms with E-state index in [0.29, 0.717) is 0 Å². The lowest BCUT2D eigenvalue weighted by Gasteiger charge is -2.13. The van der Waals surface area contributed by atoms with Gasteiger partial charge in [-0.1, -0.05) is 0 Å². The molecule has 1 amide bonds. The number of phenols is 1. The lowest BCUT2D eigenvalue weighted by molar-refractivity contribution is -0.117. The summed E-state index contributed by atoms with van der Waals surface area (Å²) in [5, 5.41) is 20.5. The van der Waals surface area contributed by atoms with Crippen LogP contribution in [-0.4, -0.2) is 48.6 Å². The van der Waals surface area contributed by atoms with Gasteiger partial charge >= 0.3 is 5.97 Å². The van der Waals surface area contributed by atoms with E-state index < -0.39 is 27.8 Å². The maximum absolute atomic E-state index is 11.8. The molecule has 9 heteroatoms. The number of amides is 1. The smallest absolute Gasteiger partial charge is 0.337 e. The molecule has 0 spiro atoms. The van der Waals surface area contributed by atoms with Gasteiger partial charge in [-0.25, -0.2) is 13.2 Å². The molecule has 0 aliphatic rings. The molecule has 1 aromatic carbocycles. The van der Waals surface area contributed by atoms with Crippen LogP contribution < -0.4 is 11.1 Å². The minimum absolute atomic E-state index is 0.0277. The summed E-state index contributed by atoms with van der Waals surface area (Å²) in [4.78, 5) is 22.8. The van der Waals surface area contributed by atoms with Crippen LogP contribution in [0.15, 0.2) is 18.2 Å². The summed E-state index contributed by atoms with van der Waals surface area (Å²) >= 11 is 0. The molecule has 0 bridgehead atoms. The van der Waals surface area contributed by atoms with Crippen molar-refractivity contribution in [3.8, 4) is 5.75 Å². The Morgan fingerprint density at radius 3 is 2.52 bits per heavy atom. The van der Waals surface area contributed by atoms with Crippen molar-refractivity contribution in [3.05, 3.63) is 23.8 Å². The van der Waals surface area contributed by atoms with Crippen LogP contribution in [0.2, 0.25) is 0 Å². The van der Waals surface area contributed by atoms with E-state index in [1.807, 2.05) is 0 Å². The lowest BCUT2D eigenvalue weighted by atomic mass is 10.1. The number of carbonyl (C=O) groups excluding carboxylic acids is 1. The molecule has 0 aliphatic heterocycles. The Kier molecular flexibility index (Phi) is 5.28. The second-order valence-corrected chi connectivity index (χ2v) is 6.81. The van der Waals surface area contributed by atoms with Gasteiger partial charge in [0.1, 0.15) is 15.6 Å². The SMILES string of the molecule is CS(=O)(=O)CCC(N)C(=O)Nc1ccc(O)cc1C(=O)O. The van der Waals surface area contributed by atoms with E-state index in [1.54, 1.807) is 0 Å². The largest absolute Gasteiger partial charge is 0.508 e. The number of carbonyl (C=O) groups is 2. The zero-order valence-corrected chi connectivity index (χ0v) is 12.1. The number of aromatic hydroxyl groups is 1. The number of benzene rings is 1. The summed E-state index contributed by atoms with van der Waals surface area (Å²) in [5.41, 5.74) is 5.23. The molecule has 0 radical (unpaired) electrons. The van der Waals surface area contributed by atoms with Crippen LogP contribution in [0.5, 0.6) is 5.75 Å². The minimum atomic E-state index is -3.24. The topological polar surface area (TPSA) is 147 Å². The number of nitrogens with one attached hydrogen (secondary N) is 1. The number of rotatable bonds is 6. The third kappa shape index (κ3) is 5.40. The van der Waals surface area contributed by atoms with Gasteiger partial charge in [0.25, 0.3) is 0 Å². The van der Waals surface area contributed by atoms with Gasteiger partial charge in [0.05, 0.1) is 23.0 Å². The lowest BCUT2D eigenvalue weighted by Crippen LogP contribution is -2.37.